The van der Waals surface area contributed by atoms with Gasteiger partial charge in [0.25, 0.3) is 0 Å². The Morgan fingerprint density at radius 1 is 1.32 bits per heavy atom. The van der Waals surface area contributed by atoms with E-state index in [0.29, 0.717) is 12.8 Å². The van der Waals surface area contributed by atoms with Crippen LogP contribution in [0.2, 0.25) is 5.02 Å². The number of alkyl halides is 3. The number of ether oxygens (including phenoxy) is 1. The molecule has 12 heteroatoms. The van der Waals surface area contributed by atoms with Gasteiger partial charge in [-0.2, -0.15) is 13.2 Å². The van der Waals surface area contributed by atoms with E-state index in [9.17, 15) is 36.3 Å². The summed E-state index contributed by atoms with van der Waals surface area (Å²) >= 11 is 6.03. The normalized spacial score (nSPS) is 24.0. The van der Waals surface area contributed by atoms with Gasteiger partial charge in [0.05, 0.1) is 15.2 Å². The number of rotatable bonds is 6. The zero-order valence-electron chi connectivity index (χ0n) is 16.6. The first-order valence-electron chi connectivity index (χ1n) is 9.47. The second-order valence-electron chi connectivity index (χ2n) is 8.17. The van der Waals surface area contributed by atoms with Gasteiger partial charge < -0.3 is 14.7 Å². The Bertz CT molecular complexity index is 1010. The lowest BCUT2D eigenvalue weighted by Gasteiger charge is -2.24. The lowest BCUT2D eigenvalue weighted by Crippen LogP contribution is -2.44. The highest BCUT2D eigenvalue weighted by molar-refractivity contribution is 7.92. The van der Waals surface area contributed by atoms with Crippen LogP contribution in [0, 0.1) is 5.41 Å². The zero-order valence-corrected chi connectivity index (χ0v) is 18.2. The lowest BCUT2D eigenvalue weighted by atomic mass is 10.1. The van der Waals surface area contributed by atoms with Gasteiger partial charge in [-0.15, -0.1) is 0 Å². The summed E-state index contributed by atoms with van der Waals surface area (Å²) in [5.74, 6) is -1.96. The number of carboxylic acids is 1. The van der Waals surface area contributed by atoms with E-state index >= 15 is 0 Å². The van der Waals surface area contributed by atoms with Crippen molar-refractivity contribution in [1.82, 2.24) is 4.90 Å². The van der Waals surface area contributed by atoms with Crippen molar-refractivity contribution >= 4 is 33.3 Å². The Hall–Kier alpha value is -2.01. The van der Waals surface area contributed by atoms with Crippen LogP contribution in [0.5, 0.6) is 5.75 Å². The number of amides is 1. The number of carbonyl (C=O) groups excluding carboxylic acids is 1. The van der Waals surface area contributed by atoms with E-state index in [4.69, 9.17) is 16.3 Å². The Morgan fingerprint density at radius 3 is 2.42 bits per heavy atom. The fourth-order valence-corrected chi connectivity index (χ4v) is 5.70. The molecule has 0 bridgehead atoms. The predicted octanol–water partition coefficient (Wildman–Crippen LogP) is 3.30. The summed E-state index contributed by atoms with van der Waals surface area (Å²) in [5.41, 5.74) is -0.668. The minimum atomic E-state index is -4.61. The molecular formula is C19H21ClF3NO6S. The van der Waals surface area contributed by atoms with Gasteiger partial charge in [0.2, 0.25) is 5.91 Å². The number of halogens is 4. The molecule has 7 nitrogen and oxygen atoms in total. The summed E-state index contributed by atoms with van der Waals surface area (Å²) in [6.45, 7) is 2.20. The predicted molar refractivity (Wildman–Crippen MR) is 104 cm³/mol. The first kappa shape index (κ1) is 23.6. The van der Waals surface area contributed by atoms with Crippen molar-refractivity contribution in [2.75, 3.05) is 6.54 Å². The van der Waals surface area contributed by atoms with Crippen LogP contribution in [0.4, 0.5) is 13.2 Å². The number of carbonyl (C=O) groups is 2. The molecule has 1 aliphatic carbocycles. The summed E-state index contributed by atoms with van der Waals surface area (Å²) in [6, 6.07) is 1.77. The molecule has 1 aromatic carbocycles. The van der Waals surface area contributed by atoms with Crippen molar-refractivity contribution in [1.29, 1.82) is 0 Å². The van der Waals surface area contributed by atoms with Crippen LogP contribution in [-0.2, 0) is 19.4 Å². The standard InChI is InChI=1S/C19H21ClF3NO6S/c1-10(19(21,22)23)30-11-3-4-15(13(20)7-11)31(28,29)12-8-14(16(25)26)24(9-12)17(27)18(2)5-6-18/h3-4,7,10,12,14H,5-6,8-9H2,1-2H3,(H,25,26)/t10-,12+,14-/m0/s1. The summed E-state index contributed by atoms with van der Waals surface area (Å²) in [5, 5.41) is 7.93. The molecule has 1 aromatic rings. The number of sulfone groups is 1. The Kier molecular flexibility index (Phi) is 5.98. The van der Waals surface area contributed by atoms with E-state index in [2.05, 4.69) is 0 Å². The Labute approximate surface area is 182 Å². The molecule has 0 unspecified atom stereocenters. The first-order chi connectivity index (χ1) is 14.2. The first-order valence-corrected chi connectivity index (χ1v) is 11.4. The summed E-state index contributed by atoms with van der Waals surface area (Å²) in [6.07, 6.45) is -5.83. The number of likely N-dealkylation sites (tertiary alicyclic amines) is 1. The third-order valence-corrected chi connectivity index (χ3v) is 8.36. The van der Waals surface area contributed by atoms with Crippen molar-refractivity contribution in [2.24, 2.45) is 5.41 Å². The Balaban J connectivity index is 1.84. The number of carboxylic acid groups (broad SMARTS) is 1. The minimum absolute atomic E-state index is 0.262. The number of nitrogens with zero attached hydrogens (tertiary/aromatic N) is 1. The molecule has 2 aliphatic rings. The second kappa shape index (κ2) is 7.84. The lowest BCUT2D eigenvalue weighted by molar-refractivity contribution is -0.189. The van der Waals surface area contributed by atoms with Crippen LogP contribution in [0.15, 0.2) is 23.1 Å². The van der Waals surface area contributed by atoms with E-state index in [1.807, 2.05) is 0 Å². The monoisotopic (exact) mass is 483 g/mol. The molecule has 0 radical (unpaired) electrons. The van der Waals surface area contributed by atoms with Gasteiger partial charge in [-0.1, -0.05) is 18.5 Å². The highest BCUT2D eigenvalue weighted by atomic mass is 35.5. The van der Waals surface area contributed by atoms with Crippen molar-refractivity contribution in [3.63, 3.8) is 0 Å². The van der Waals surface area contributed by atoms with Gasteiger partial charge >= 0.3 is 12.1 Å². The summed E-state index contributed by atoms with van der Waals surface area (Å²) in [7, 11) is -4.17. The fraction of sp³-hybridized carbons (Fsp3) is 0.579. The molecule has 2 fully saturated rings. The van der Waals surface area contributed by atoms with E-state index in [1.165, 1.54) is 0 Å². The average molecular weight is 484 g/mol. The highest BCUT2D eigenvalue weighted by Crippen LogP contribution is 2.48. The molecule has 0 spiro atoms. The van der Waals surface area contributed by atoms with E-state index in [-0.39, 0.29) is 28.6 Å². The molecule has 3 rings (SSSR count). The van der Waals surface area contributed by atoms with Gasteiger partial charge in [0.1, 0.15) is 11.8 Å². The highest BCUT2D eigenvalue weighted by Gasteiger charge is 2.53. The van der Waals surface area contributed by atoms with Gasteiger partial charge in [-0.3, -0.25) is 4.79 Å². The quantitative estimate of drug-likeness (QED) is 0.666. The number of aliphatic carboxylic acids is 1. The van der Waals surface area contributed by atoms with Gasteiger partial charge in [-0.05, 0) is 38.3 Å². The number of hydrogen-bond donors (Lipinski definition) is 1. The fourth-order valence-electron chi connectivity index (χ4n) is 3.46. The zero-order chi connectivity index (χ0) is 23.4. The van der Waals surface area contributed by atoms with Crippen LogP contribution in [-0.4, -0.2) is 60.4 Å². The number of benzene rings is 1. The molecule has 1 saturated carbocycles. The molecule has 1 heterocycles. The summed E-state index contributed by atoms with van der Waals surface area (Å²) < 4.78 is 69.0. The summed E-state index contributed by atoms with van der Waals surface area (Å²) in [4.78, 5) is 25.1. The second-order valence-corrected chi connectivity index (χ2v) is 10.8. The van der Waals surface area contributed by atoms with E-state index in [0.717, 1.165) is 30.0 Å². The molecule has 1 aliphatic heterocycles. The minimum Gasteiger partial charge on any atom is -0.481 e. The number of hydrogen-bond acceptors (Lipinski definition) is 5. The van der Waals surface area contributed by atoms with Crippen LogP contribution in [0.3, 0.4) is 0 Å². The van der Waals surface area contributed by atoms with E-state index in [1.54, 1.807) is 6.92 Å². The average Bonchev–Trinajstić information content (AvgIpc) is 3.23. The maximum absolute atomic E-state index is 13.1. The van der Waals surface area contributed by atoms with Crippen molar-refractivity contribution in [3.05, 3.63) is 23.2 Å². The van der Waals surface area contributed by atoms with Crippen LogP contribution >= 0.6 is 11.6 Å². The van der Waals surface area contributed by atoms with Gasteiger partial charge in [-0.25, -0.2) is 13.2 Å². The van der Waals surface area contributed by atoms with Crippen molar-refractivity contribution in [3.8, 4) is 5.75 Å². The third kappa shape index (κ3) is 4.62. The molecule has 1 amide bonds. The molecule has 3 atom stereocenters. The molecular weight excluding hydrogens is 463 g/mol. The third-order valence-electron chi connectivity index (χ3n) is 5.75. The molecule has 31 heavy (non-hydrogen) atoms. The maximum atomic E-state index is 13.1. The van der Waals surface area contributed by atoms with Gasteiger partial charge in [0.15, 0.2) is 15.9 Å². The van der Waals surface area contributed by atoms with E-state index < -0.39 is 50.7 Å². The van der Waals surface area contributed by atoms with Crippen LogP contribution in [0.1, 0.15) is 33.1 Å². The largest absolute Gasteiger partial charge is 0.481 e. The smallest absolute Gasteiger partial charge is 0.425 e. The van der Waals surface area contributed by atoms with Crippen LogP contribution in [0.25, 0.3) is 0 Å². The Morgan fingerprint density at radius 2 is 1.94 bits per heavy atom. The molecule has 1 saturated heterocycles. The molecule has 1 N–H and O–H groups in total. The SMILES string of the molecule is C[C@H](Oc1ccc(S(=O)(=O)[C@@H]2C[C@@H](C(=O)O)N(C(=O)C3(C)CC3)C2)c(Cl)c1)C(F)(F)F. The topological polar surface area (TPSA) is 101 Å². The molecule has 172 valence electrons. The van der Waals surface area contributed by atoms with Gasteiger partial charge in [0, 0.05) is 18.0 Å². The van der Waals surface area contributed by atoms with Crippen molar-refractivity contribution < 1.29 is 41.0 Å². The van der Waals surface area contributed by atoms with Crippen molar-refractivity contribution in [2.45, 2.75) is 61.6 Å². The van der Waals surface area contributed by atoms with Crippen LogP contribution < -0.4 is 4.74 Å². The maximum Gasteiger partial charge on any atom is 0.425 e. The molecule has 0 aromatic heterocycles.